The van der Waals surface area contributed by atoms with Gasteiger partial charge in [0, 0.05) is 43.1 Å². The Morgan fingerprint density at radius 1 is 0.547 bits per heavy atom. The number of para-hydroxylation sites is 2. The number of benzene rings is 2. The van der Waals surface area contributed by atoms with E-state index in [1.165, 1.54) is 112 Å². The predicted molar refractivity (Wildman–Crippen MR) is 278 cm³/mol. The van der Waals surface area contributed by atoms with E-state index in [1.807, 2.05) is 47.2 Å². The Balaban J connectivity index is 1.06. The number of thiazole rings is 2. The maximum Gasteiger partial charge on any atom is 0.145 e. The van der Waals surface area contributed by atoms with Crippen molar-refractivity contribution in [3.05, 3.63) is 73.1 Å². The third-order valence-corrected chi connectivity index (χ3v) is 23.2. The molecular formula is C49H48N8S7. The lowest BCUT2D eigenvalue weighted by atomic mass is 9.97. The SMILES string of the molecule is CCCCC(CC)CCS1(CC(CC)CCCC)c2cc(-c3cnc(-c4nc5ccccc5s4)c4nsnc34)sc2-c2sc(-c3cnc(-c4nc5ccccc5s4)c4nsnc34)cc21. The van der Waals surface area contributed by atoms with Crippen molar-refractivity contribution in [1.82, 2.24) is 37.4 Å². The molecule has 2 atom stereocenters. The van der Waals surface area contributed by atoms with Crippen molar-refractivity contribution in [1.29, 1.82) is 0 Å². The smallest absolute Gasteiger partial charge is 0.145 e. The molecule has 0 aliphatic carbocycles. The first-order chi connectivity index (χ1) is 31.5. The molecule has 0 N–H and O–H groups in total. The molecule has 326 valence electrons. The van der Waals surface area contributed by atoms with Crippen molar-refractivity contribution in [2.45, 2.75) is 95.3 Å². The summed E-state index contributed by atoms with van der Waals surface area (Å²) >= 11 is 9.73. The normalized spacial score (nSPS) is 14.8. The summed E-state index contributed by atoms with van der Waals surface area (Å²) in [5, 5.41) is 1.77. The van der Waals surface area contributed by atoms with Crippen molar-refractivity contribution in [3.63, 3.8) is 0 Å². The van der Waals surface area contributed by atoms with E-state index in [9.17, 15) is 0 Å². The molecule has 2 unspecified atom stereocenters. The topological polar surface area (TPSA) is 103 Å². The Labute approximate surface area is 399 Å². The van der Waals surface area contributed by atoms with Crippen LogP contribution in [0.1, 0.15) is 85.5 Å². The average molecular weight is 973 g/mol. The molecule has 9 heterocycles. The van der Waals surface area contributed by atoms with Crippen LogP contribution < -0.4 is 0 Å². The fourth-order valence-electron chi connectivity index (χ4n) is 9.39. The lowest BCUT2D eigenvalue weighted by Gasteiger charge is -2.41. The van der Waals surface area contributed by atoms with Gasteiger partial charge in [-0.2, -0.15) is 27.5 Å². The minimum absolute atomic E-state index is 0.657. The van der Waals surface area contributed by atoms with Crippen molar-refractivity contribution in [3.8, 4) is 52.0 Å². The van der Waals surface area contributed by atoms with Crippen LogP contribution in [0.3, 0.4) is 0 Å². The van der Waals surface area contributed by atoms with Gasteiger partial charge in [-0.3, -0.25) is 9.97 Å². The fraction of sp³-hybridized carbons (Fsp3) is 0.347. The number of pyridine rings is 2. The maximum absolute atomic E-state index is 5.13. The highest BCUT2D eigenvalue weighted by Gasteiger charge is 2.44. The van der Waals surface area contributed by atoms with Crippen LogP contribution in [0.4, 0.5) is 0 Å². The van der Waals surface area contributed by atoms with Gasteiger partial charge in [-0.1, -0.05) is 96.9 Å². The van der Waals surface area contributed by atoms with Crippen molar-refractivity contribution in [2.24, 2.45) is 11.8 Å². The van der Waals surface area contributed by atoms with Gasteiger partial charge in [-0.25, -0.2) is 9.97 Å². The zero-order valence-electron chi connectivity index (χ0n) is 36.3. The Hall–Kier alpha value is -4.09. The number of unbranched alkanes of at least 4 members (excludes halogenated alkanes) is 2. The van der Waals surface area contributed by atoms with E-state index in [4.69, 9.17) is 37.4 Å². The molecule has 1 aliphatic heterocycles. The molecule has 8 nitrogen and oxygen atoms in total. The summed E-state index contributed by atoms with van der Waals surface area (Å²) in [7, 11) is -1.44. The van der Waals surface area contributed by atoms with Crippen LogP contribution >= 0.6 is 78.8 Å². The van der Waals surface area contributed by atoms with E-state index >= 15 is 0 Å². The first-order valence-electron chi connectivity index (χ1n) is 22.5. The van der Waals surface area contributed by atoms with Crippen LogP contribution in [-0.2, 0) is 0 Å². The van der Waals surface area contributed by atoms with E-state index in [1.54, 1.807) is 32.5 Å². The monoisotopic (exact) mass is 972 g/mol. The molecule has 0 saturated heterocycles. The zero-order valence-corrected chi connectivity index (χ0v) is 42.0. The molecule has 0 saturated carbocycles. The van der Waals surface area contributed by atoms with Gasteiger partial charge in [-0.15, -0.1) is 45.3 Å². The first kappa shape index (κ1) is 42.5. The largest absolute Gasteiger partial charge is 0.251 e. The number of aromatic nitrogens is 8. The quantitative estimate of drug-likeness (QED) is 0.0889. The molecule has 0 spiro atoms. The molecule has 0 fully saturated rings. The lowest BCUT2D eigenvalue weighted by molar-refractivity contribution is 0.440. The number of nitrogens with zero attached hydrogens (tertiary/aromatic N) is 8. The summed E-state index contributed by atoms with van der Waals surface area (Å²) in [5.74, 6) is 3.83. The molecule has 15 heteroatoms. The van der Waals surface area contributed by atoms with E-state index in [-0.39, 0.29) is 0 Å². The minimum Gasteiger partial charge on any atom is -0.251 e. The van der Waals surface area contributed by atoms with E-state index in [0.29, 0.717) is 5.92 Å². The third-order valence-electron chi connectivity index (χ3n) is 13.0. The summed E-state index contributed by atoms with van der Waals surface area (Å²) in [4.78, 5) is 28.7. The van der Waals surface area contributed by atoms with Gasteiger partial charge in [0.25, 0.3) is 0 Å². The van der Waals surface area contributed by atoms with Crippen LogP contribution in [0.5, 0.6) is 0 Å². The van der Waals surface area contributed by atoms with E-state index < -0.39 is 10.0 Å². The molecule has 0 bridgehead atoms. The number of hydrogen-bond acceptors (Lipinski definition) is 14. The first-order valence-corrected chi connectivity index (χ1v) is 29.2. The van der Waals surface area contributed by atoms with Crippen molar-refractivity contribution < 1.29 is 0 Å². The summed E-state index contributed by atoms with van der Waals surface area (Å²) in [6.45, 7) is 9.50. The number of fused-ring (bicyclic) bond motifs is 7. The Kier molecular flexibility index (Phi) is 11.9. The Bertz CT molecular complexity index is 3020. The molecule has 11 rings (SSSR count). The summed E-state index contributed by atoms with van der Waals surface area (Å²) < 4.78 is 21.9. The summed E-state index contributed by atoms with van der Waals surface area (Å²) in [6.07, 6.45) is 15.4. The van der Waals surface area contributed by atoms with Crippen LogP contribution in [0.15, 0.2) is 82.8 Å². The number of rotatable bonds is 17. The average Bonchev–Trinajstić information content (AvgIpc) is 4.19. The van der Waals surface area contributed by atoms with Crippen molar-refractivity contribution >= 4 is 121 Å². The molecular weight excluding hydrogens is 925 g/mol. The van der Waals surface area contributed by atoms with Crippen molar-refractivity contribution in [2.75, 3.05) is 11.5 Å². The van der Waals surface area contributed by atoms with Gasteiger partial charge in [0.2, 0.25) is 0 Å². The van der Waals surface area contributed by atoms with Gasteiger partial charge in [0.05, 0.1) is 53.6 Å². The van der Waals surface area contributed by atoms with Crippen LogP contribution in [0.2, 0.25) is 0 Å². The van der Waals surface area contributed by atoms with Gasteiger partial charge >= 0.3 is 0 Å². The maximum atomic E-state index is 5.13. The molecule has 8 aromatic heterocycles. The van der Waals surface area contributed by atoms with Gasteiger partial charge in [0.1, 0.15) is 43.5 Å². The Morgan fingerprint density at radius 2 is 1.03 bits per heavy atom. The Morgan fingerprint density at radius 3 is 1.52 bits per heavy atom. The molecule has 64 heavy (non-hydrogen) atoms. The van der Waals surface area contributed by atoms with Crippen LogP contribution in [-0.4, -0.2) is 48.9 Å². The lowest BCUT2D eigenvalue weighted by Crippen LogP contribution is -2.18. The number of hydrogen-bond donors (Lipinski definition) is 0. The second kappa shape index (κ2) is 17.9. The van der Waals surface area contributed by atoms with E-state index in [2.05, 4.69) is 76.2 Å². The van der Waals surface area contributed by atoms with Gasteiger partial charge < -0.3 is 0 Å². The highest BCUT2D eigenvalue weighted by molar-refractivity contribution is 8.34. The second-order valence-electron chi connectivity index (χ2n) is 16.9. The summed E-state index contributed by atoms with van der Waals surface area (Å²) in [5.41, 5.74) is 9.24. The predicted octanol–water partition coefficient (Wildman–Crippen LogP) is 16.5. The molecule has 2 aromatic carbocycles. The molecule has 0 radical (unpaired) electrons. The van der Waals surface area contributed by atoms with Crippen LogP contribution in [0, 0.1) is 11.8 Å². The highest BCUT2D eigenvalue weighted by atomic mass is 32.3. The summed E-state index contributed by atoms with van der Waals surface area (Å²) in [6, 6.07) is 21.7. The van der Waals surface area contributed by atoms with Gasteiger partial charge in [0.15, 0.2) is 0 Å². The van der Waals surface area contributed by atoms with E-state index in [0.717, 1.165) is 80.9 Å². The minimum atomic E-state index is -1.44. The van der Waals surface area contributed by atoms with Gasteiger partial charge in [-0.05, 0) is 72.6 Å². The number of thiophene rings is 2. The second-order valence-corrected chi connectivity index (χ2v) is 25.5. The molecule has 10 aromatic rings. The van der Waals surface area contributed by atoms with Crippen LogP contribution in [0.25, 0.3) is 94.5 Å². The molecule has 0 amide bonds. The molecule has 1 aliphatic rings. The third kappa shape index (κ3) is 7.43. The standard InChI is InChI=1S/C49H48N8S7/c1-5-9-15-28(7-3)21-22-64(27-29(8-4)16-10-6-2)38-23-36(30-25-50-44(42-40(30)54-62-56-42)48-52-32-17-11-13-19-34(32)60-48)58-46(38)47-39(64)24-37(59-47)31-26-51-45(43-41(31)55-63-57-43)49-53-33-18-12-14-20-35(33)61-49/h11-14,17-20,23-26,28-29H,5-10,15-16,21-22,27H2,1-4H3. The zero-order chi connectivity index (χ0) is 43.4. The fourth-order valence-corrected chi connectivity index (χ4v) is 21.0. The highest BCUT2D eigenvalue weighted by Crippen LogP contribution is 2.77.